The Kier molecular flexibility index (Phi) is 4.21. The van der Waals surface area contributed by atoms with Crippen LogP contribution in [-0.4, -0.2) is 12.3 Å². The molecule has 0 aliphatic heterocycles. The van der Waals surface area contributed by atoms with E-state index in [0.717, 1.165) is 6.92 Å². The lowest BCUT2D eigenvalue weighted by Gasteiger charge is -2.19. The Morgan fingerprint density at radius 2 is 2.06 bits per heavy atom. The molecule has 6 heteroatoms. The molecule has 90 valence electrons. The van der Waals surface area contributed by atoms with Gasteiger partial charge in [-0.3, -0.25) is 0 Å². The zero-order chi connectivity index (χ0) is 12.3. The van der Waals surface area contributed by atoms with Crippen molar-refractivity contribution in [1.29, 1.82) is 0 Å². The number of benzene rings is 1. The van der Waals surface area contributed by atoms with E-state index in [2.05, 4.69) is 15.9 Å². The van der Waals surface area contributed by atoms with Crippen LogP contribution in [0.1, 0.15) is 12.5 Å². The summed E-state index contributed by atoms with van der Waals surface area (Å²) in [6, 6.07) is 4.81. The fourth-order valence-electron chi connectivity index (χ4n) is 1.06. The molecule has 0 aliphatic rings. The molecule has 0 amide bonds. The zero-order valence-corrected chi connectivity index (χ0v) is 10.1. The largest absolute Gasteiger partial charge is 0.481 e. The lowest BCUT2D eigenvalue weighted by molar-refractivity contribution is -0.189. The lowest BCUT2D eigenvalue weighted by Crippen LogP contribution is -2.31. The molecule has 0 saturated heterocycles. The fraction of sp³-hybridized carbons (Fsp3) is 0.400. The average Bonchev–Trinajstić information content (AvgIpc) is 2.16. The Bertz CT molecular complexity index is 368. The van der Waals surface area contributed by atoms with Crippen LogP contribution in [0.25, 0.3) is 0 Å². The van der Waals surface area contributed by atoms with Gasteiger partial charge in [0.2, 0.25) is 0 Å². The van der Waals surface area contributed by atoms with Gasteiger partial charge in [-0.15, -0.1) is 0 Å². The lowest BCUT2D eigenvalue weighted by atomic mass is 10.2. The Balaban J connectivity index is 2.91. The number of rotatable bonds is 3. The molecular weight excluding hydrogens is 287 g/mol. The summed E-state index contributed by atoms with van der Waals surface area (Å²) < 4.78 is 42.4. The van der Waals surface area contributed by atoms with Gasteiger partial charge in [-0.1, -0.05) is 22.0 Å². The highest BCUT2D eigenvalue weighted by molar-refractivity contribution is 9.10. The topological polar surface area (TPSA) is 35.2 Å². The SMILES string of the molecule is CC(Oc1cc(Br)ccc1CN)C(F)(F)F. The molecule has 0 saturated carbocycles. The minimum Gasteiger partial charge on any atom is -0.481 e. The Hall–Kier alpha value is -0.750. The second-order valence-corrected chi connectivity index (χ2v) is 4.17. The summed E-state index contributed by atoms with van der Waals surface area (Å²) in [4.78, 5) is 0. The number of hydrogen-bond acceptors (Lipinski definition) is 2. The molecule has 0 fully saturated rings. The first-order chi connectivity index (χ1) is 7.34. The van der Waals surface area contributed by atoms with Crippen molar-refractivity contribution in [3.8, 4) is 5.75 Å². The summed E-state index contributed by atoms with van der Waals surface area (Å²) >= 11 is 3.16. The summed E-state index contributed by atoms with van der Waals surface area (Å²) in [5, 5.41) is 0. The van der Waals surface area contributed by atoms with Crippen molar-refractivity contribution in [3.05, 3.63) is 28.2 Å². The summed E-state index contributed by atoms with van der Waals surface area (Å²) in [6.07, 6.45) is -6.24. The van der Waals surface area contributed by atoms with Crippen LogP contribution in [0.2, 0.25) is 0 Å². The maximum Gasteiger partial charge on any atom is 0.425 e. The number of alkyl halides is 3. The van der Waals surface area contributed by atoms with Crippen LogP contribution < -0.4 is 10.5 Å². The third kappa shape index (κ3) is 3.38. The molecule has 0 heterocycles. The van der Waals surface area contributed by atoms with Gasteiger partial charge in [0.15, 0.2) is 6.10 Å². The molecule has 1 aromatic carbocycles. The van der Waals surface area contributed by atoms with E-state index in [1.54, 1.807) is 12.1 Å². The van der Waals surface area contributed by atoms with E-state index < -0.39 is 12.3 Å². The number of nitrogens with two attached hydrogens (primary N) is 1. The first-order valence-corrected chi connectivity index (χ1v) is 5.35. The summed E-state index contributed by atoms with van der Waals surface area (Å²) in [7, 11) is 0. The van der Waals surface area contributed by atoms with Crippen LogP contribution >= 0.6 is 15.9 Å². The normalized spacial score (nSPS) is 13.6. The molecule has 1 unspecified atom stereocenters. The third-order valence-corrected chi connectivity index (χ3v) is 2.51. The van der Waals surface area contributed by atoms with Crippen LogP contribution in [0.3, 0.4) is 0 Å². The minimum absolute atomic E-state index is 0.132. The van der Waals surface area contributed by atoms with Crippen molar-refractivity contribution in [3.63, 3.8) is 0 Å². The molecule has 1 rings (SSSR count). The maximum atomic E-state index is 12.3. The van der Waals surface area contributed by atoms with Gasteiger partial charge in [-0.05, 0) is 19.1 Å². The number of halogens is 4. The quantitative estimate of drug-likeness (QED) is 0.929. The molecule has 2 nitrogen and oxygen atoms in total. The molecule has 0 radical (unpaired) electrons. The van der Waals surface area contributed by atoms with Crippen molar-refractivity contribution in [1.82, 2.24) is 0 Å². The highest BCUT2D eigenvalue weighted by Gasteiger charge is 2.38. The van der Waals surface area contributed by atoms with E-state index in [1.165, 1.54) is 6.07 Å². The smallest absolute Gasteiger partial charge is 0.425 e. The average molecular weight is 298 g/mol. The van der Waals surface area contributed by atoms with Crippen LogP contribution in [0, 0.1) is 0 Å². The van der Waals surface area contributed by atoms with Crippen molar-refractivity contribution < 1.29 is 17.9 Å². The minimum atomic E-state index is -4.38. The van der Waals surface area contributed by atoms with Gasteiger partial charge in [0.25, 0.3) is 0 Å². The zero-order valence-electron chi connectivity index (χ0n) is 8.51. The molecule has 1 aromatic rings. The van der Waals surface area contributed by atoms with Crippen LogP contribution in [-0.2, 0) is 6.54 Å². The molecule has 0 aliphatic carbocycles. The van der Waals surface area contributed by atoms with Crippen LogP contribution in [0.4, 0.5) is 13.2 Å². The highest BCUT2D eigenvalue weighted by Crippen LogP contribution is 2.29. The molecule has 0 aromatic heterocycles. The molecule has 16 heavy (non-hydrogen) atoms. The number of ether oxygens (including phenoxy) is 1. The Labute approximate surface area is 99.7 Å². The van der Waals surface area contributed by atoms with Crippen LogP contribution in [0.15, 0.2) is 22.7 Å². The van der Waals surface area contributed by atoms with E-state index in [-0.39, 0.29) is 12.3 Å². The van der Waals surface area contributed by atoms with E-state index >= 15 is 0 Å². The van der Waals surface area contributed by atoms with E-state index in [4.69, 9.17) is 10.5 Å². The van der Waals surface area contributed by atoms with Crippen LogP contribution in [0.5, 0.6) is 5.75 Å². The predicted octanol–water partition coefficient (Wildman–Crippen LogP) is 3.24. The highest BCUT2D eigenvalue weighted by atomic mass is 79.9. The second kappa shape index (κ2) is 5.05. The van der Waals surface area contributed by atoms with Crippen molar-refractivity contribution in [2.24, 2.45) is 5.73 Å². The summed E-state index contributed by atoms with van der Waals surface area (Å²) in [6.45, 7) is 1.09. The standard InChI is InChI=1S/C10H11BrF3NO/c1-6(10(12,13)14)16-9-4-8(11)3-2-7(9)5-15/h2-4,6H,5,15H2,1H3. The van der Waals surface area contributed by atoms with E-state index in [1.807, 2.05) is 0 Å². The maximum absolute atomic E-state index is 12.3. The molecule has 0 spiro atoms. The first-order valence-electron chi connectivity index (χ1n) is 4.56. The molecule has 0 bridgehead atoms. The van der Waals surface area contributed by atoms with E-state index in [9.17, 15) is 13.2 Å². The van der Waals surface area contributed by atoms with Crippen molar-refractivity contribution in [2.45, 2.75) is 25.7 Å². The van der Waals surface area contributed by atoms with E-state index in [0.29, 0.717) is 10.0 Å². The Morgan fingerprint density at radius 1 is 1.44 bits per heavy atom. The van der Waals surface area contributed by atoms with Gasteiger partial charge in [-0.25, -0.2) is 0 Å². The number of hydrogen-bond donors (Lipinski definition) is 1. The molecule has 2 N–H and O–H groups in total. The first kappa shape index (κ1) is 13.3. The monoisotopic (exact) mass is 297 g/mol. The fourth-order valence-corrected chi connectivity index (χ4v) is 1.40. The second-order valence-electron chi connectivity index (χ2n) is 3.26. The van der Waals surface area contributed by atoms with Gasteiger partial charge in [0.1, 0.15) is 5.75 Å². The third-order valence-electron chi connectivity index (χ3n) is 2.01. The van der Waals surface area contributed by atoms with Gasteiger partial charge in [0, 0.05) is 16.6 Å². The van der Waals surface area contributed by atoms with Crippen molar-refractivity contribution in [2.75, 3.05) is 0 Å². The van der Waals surface area contributed by atoms with Gasteiger partial charge < -0.3 is 10.5 Å². The predicted molar refractivity (Wildman–Crippen MR) is 58.2 cm³/mol. The summed E-state index contributed by atoms with van der Waals surface area (Å²) in [5.74, 6) is 0.154. The van der Waals surface area contributed by atoms with Gasteiger partial charge >= 0.3 is 6.18 Å². The van der Waals surface area contributed by atoms with Gasteiger partial charge in [-0.2, -0.15) is 13.2 Å². The Morgan fingerprint density at radius 3 is 2.56 bits per heavy atom. The van der Waals surface area contributed by atoms with Gasteiger partial charge in [0.05, 0.1) is 0 Å². The molecule has 1 atom stereocenters. The van der Waals surface area contributed by atoms with Crippen molar-refractivity contribution >= 4 is 15.9 Å². The molecular formula is C10H11BrF3NO. The summed E-state index contributed by atoms with van der Waals surface area (Å²) in [5.41, 5.74) is 5.95.